The average molecular weight is 351 g/mol. The number of likely N-dealkylation sites (tertiary alicyclic amines) is 1. The first-order chi connectivity index (χ1) is 12.4. The summed E-state index contributed by atoms with van der Waals surface area (Å²) in [5.74, 6) is 0.0555. The Kier molecular flexibility index (Phi) is 5.43. The normalized spacial score (nSPS) is 16.8. The zero-order valence-electron chi connectivity index (χ0n) is 15.1. The minimum absolute atomic E-state index is 0.0921. The molecule has 1 heterocycles. The van der Waals surface area contributed by atoms with Crippen LogP contribution in [0, 0.1) is 6.92 Å². The lowest BCUT2D eigenvalue weighted by Gasteiger charge is -2.38. The Bertz CT molecular complexity index is 770. The molecule has 136 valence electrons. The SMILES string of the molecule is Cc1ccc(CC2(O)CCN(C=CC(=O)c3ccc(O)cc3)CC2)cc1. The lowest BCUT2D eigenvalue weighted by Crippen LogP contribution is -2.43. The van der Waals surface area contributed by atoms with E-state index >= 15 is 0 Å². The van der Waals surface area contributed by atoms with E-state index in [2.05, 4.69) is 36.1 Å². The van der Waals surface area contributed by atoms with Gasteiger partial charge in [0.25, 0.3) is 0 Å². The van der Waals surface area contributed by atoms with Gasteiger partial charge in [-0.25, -0.2) is 0 Å². The van der Waals surface area contributed by atoms with Crippen molar-refractivity contribution >= 4 is 5.78 Å². The number of allylic oxidation sites excluding steroid dienone is 1. The third-order valence-electron chi connectivity index (χ3n) is 4.97. The molecule has 4 heteroatoms. The maximum Gasteiger partial charge on any atom is 0.187 e. The van der Waals surface area contributed by atoms with Crippen LogP contribution in [-0.2, 0) is 6.42 Å². The van der Waals surface area contributed by atoms with Crippen molar-refractivity contribution in [2.45, 2.75) is 31.8 Å². The fourth-order valence-corrected chi connectivity index (χ4v) is 3.25. The van der Waals surface area contributed by atoms with Crippen LogP contribution in [0.1, 0.15) is 34.3 Å². The summed E-state index contributed by atoms with van der Waals surface area (Å²) in [6, 6.07) is 14.5. The number of nitrogens with zero attached hydrogens (tertiary/aromatic N) is 1. The molecule has 3 rings (SSSR count). The van der Waals surface area contributed by atoms with Gasteiger partial charge in [0.2, 0.25) is 0 Å². The molecule has 2 aromatic carbocycles. The van der Waals surface area contributed by atoms with Gasteiger partial charge in [-0.2, -0.15) is 0 Å². The van der Waals surface area contributed by atoms with Crippen molar-refractivity contribution in [2.24, 2.45) is 0 Å². The van der Waals surface area contributed by atoms with Crippen LogP contribution in [-0.4, -0.2) is 39.6 Å². The fraction of sp³-hybridized carbons (Fsp3) is 0.318. The van der Waals surface area contributed by atoms with Crippen LogP contribution in [0.25, 0.3) is 0 Å². The summed E-state index contributed by atoms with van der Waals surface area (Å²) in [6.45, 7) is 3.51. The van der Waals surface area contributed by atoms with Gasteiger partial charge in [-0.1, -0.05) is 29.8 Å². The number of aliphatic hydroxyl groups is 1. The molecule has 0 spiro atoms. The van der Waals surface area contributed by atoms with E-state index in [0.29, 0.717) is 24.8 Å². The quantitative estimate of drug-likeness (QED) is 0.640. The number of carbonyl (C=O) groups excluding carboxylic acids is 1. The monoisotopic (exact) mass is 351 g/mol. The molecule has 0 saturated carbocycles. The van der Waals surface area contributed by atoms with E-state index in [1.165, 1.54) is 17.7 Å². The Hall–Kier alpha value is -2.59. The fourth-order valence-electron chi connectivity index (χ4n) is 3.25. The minimum atomic E-state index is -0.680. The number of piperidine rings is 1. The Morgan fingerprint density at radius 3 is 2.31 bits per heavy atom. The number of hydrogen-bond donors (Lipinski definition) is 2. The van der Waals surface area contributed by atoms with Crippen molar-refractivity contribution in [1.82, 2.24) is 4.90 Å². The first-order valence-electron chi connectivity index (χ1n) is 8.97. The molecule has 1 saturated heterocycles. The molecule has 0 aromatic heterocycles. The third kappa shape index (κ3) is 4.73. The van der Waals surface area contributed by atoms with Crippen LogP contribution in [0.15, 0.2) is 60.8 Å². The van der Waals surface area contributed by atoms with Crippen molar-refractivity contribution in [3.8, 4) is 5.75 Å². The highest BCUT2D eigenvalue weighted by molar-refractivity contribution is 6.04. The second kappa shape index (κ2) is 7.75. The van der Waals surface area contributed by atoms with Crippen LogP contribution in [0.2, 0.25) is 0 Å². The molecule has 4 nitrogen and oxygen atoms in total. The topological polar surface area (TPSA) is 60.8 Å². The molecule has 26 heavy (non-hydrogen) atoms. The smallest absolute Gasteiger partial charge is 0.187 e. The number of carbonyl (C=O) groups is 1. The highest BCUT2D eigenvalue weighted by Gasteiger charge is 2.31. The van der Waals surface area contributed by atoms with Gasteiger partial charge < -0.3 is 15.1 Å². The predicted octanol–water partition coefficient (Wildman–Crippen LogP) is 3.47. The Balaban J connectivity index is 1.53. The van der Waals surface area contributed by atoms with Gasteiger partial charge >= 0.3 is 0 Å². The van der Waals surface area contributed by atoms with Crippen LogP contribution in [0.3, 0.4) is 0 Å². The van der Waals surface area contributed by atoms with Gasteiger partial charge in [-0.15, -0.1) is 0 Å². The lowest BCUT2D eigenvalue weighted by atomic mass is 9.85. The van der Waals surface area contributed by atoms with E-state index in [0.717, 1.165) is 18.7 Å². The van der Waals surface area contributed by atoms with Gasteiger partial charge in [-0.05, 0) is 49.6 Å². The maximum absolute atomic E-state index is 12.2. The van der Waals surface area contributed by atoms with Crippen LogP contribution < -0.4 is 0 Å². The summed E-state index contributed by atoms with van der Waals surface area (Å²) >= 11 is 0. The zero-order chi connectivity index (χ0) is 18.6. The largest absolute Gasteiger partial charge is 0.508 e. The van der Waals surface area contributed by atoms with Gasteiger partial charge in [0.1, 0.15) is 5.75 Å². The summed E-state index contributed by atoms with van der Waals surface area (Å²) < 4.78 is 0. The van der Waals surface area contributed by atoms with Gasteiger partial charge in [0.15, 0.2) is 5.78 Å². The predicted molar refractivity (Wildman–Crippen MR) is 102 cm³/mol. The molecule has 2 aromatic rings. The number of aromatic hydroxyl groups is 1. The summed E-state index contributed by atoms with van der Waals surface area (Å²) in [5.41, 5.74) is 2.25. The van der Waals surface area contributed by atoms with E-state index in [-0.39, 0.29) is 11.5 Å². The second-order valence-corrected chi connectivity index (χ2v) is 7.15. The van der Waals surface area contributed by atoms with Gasteiger partial charge in [0.05, 0.1) is 5.60 Å². The van der Waals surface area contributed by atoms with Crippen molar-refractivity contribution in [1.29, 1.82) is 0 Å². The van der Waals surface area contributed by atoms with Crippen molar-refractivity contribution in [2.75, 3.05) is 13.1 Å². The molecule has 0 aliphatic carbocycles. The number of aryl methyl sites for hydroxylation is 1. The lowest BCUT2D eigenvalue weighted by molar-refractivity contribution is -0.0108. The number of rotatable bonds is 5. The second-order valence-electron chi connectivity index (χ2n) is 7.15. The standard InChI is InChI=1S/C22H25NO3/c1-17-2-4-18(5-3-17)16-22(26)11-14-23(15-12-22)13-10-21(25)19-6-8-20(24)9-7-19/h2-10,13,24,26H,11-12,14-16H2,1H3. The van der Waals surface area contributed by atoms with Crippen molar-refractivity contribution in [3.05, 3.63) is 77.5 Å². The highest BCUT2D eigenvalue weighted by Crippen LogP contribution is 2.26. The van der Waals surface area contributed by atoms with E-state index in [1.54, 1.807) is 24.4 Å². The molecule has 0 radical (unpaired) electrons. The number of ketones is 1. The third-order valence-corrected chi connectivity index (χ3v) is 4.97. The van der Waals surface area contributed by atoms with Crippen LogP contribution in [0.5, 0.6) is 5.75 Å². The molecule has 0 amide bonds. The average Bonchev–Trinajstić information content (AvgIpc) is 2.63. The van der Waals surface area contributed by atoms with Crippen molar-refractivity contribution < 1.29 is 15.0 Å². The molecular formula is C22H25NO3. The van der Waals surface area contributed by atoms with E-state index in [9.17, 15) is 15.0 Å². The number of phenols is 1. The Morgan fingerprint density at radius 1 is 1.08 bits per heavy atom. The maximum atomic E-state index is 12.2. The number of phenolic OH excluding ortho intramolecular Hbond substituents is 1. The molecule has 2 N–H and O–H groups in total. The van der Waals surface area contributed by atoms with Crippen LogP contribution >= 0.6 is 0 Å². The van der Waals surface area contributed by atoms with Gasteiger partial charge in [-0.3, -0.25) is 4.79 Å². The Morgan fingerprint density at radius 2 is 1.69 bits per heavy atom. The summed E-state index contributed by atoms with van der Waals surface area (Å²) in [4.78, 5) is 14.2. The van der Waals surface area contributed by atoms with Crippen LogP contribution in [0.4, 0.5) is 0 Å². The summed E-state index contributed by atoms with van der Waals surface area (Å²) in [7, 11) is 0. The van der Waals surface area contributed by atoms with Crippen molar-refractivity contribution in [3.63, 3.8) is 0 Å². The molecule has 1 fully saturated rings. The molecule has 0 unspecified atom stereocenters. The first kappa shape index (κ1) is 18.2. The summed E-state index contributed by atoms with van der Waals surface area (Å²) in [6.07, 6.45) is 5.38. The summed E-state index contributed by atoms with van der Waals surface area (Å²) in [5, 5.41) is 20.1. The Labute approximate surface area is 154 Å². The number of hydrogen-bond acceptors (Lipinski definition) is 4. The van der Waals surface area contributed by atoms with E-state index in [1.807, 2.05) is 0 Å². The molecule has 0 atom stereocenters. The van der Waals surface area contributed by atoms with E-state index < -0.39 is 5.60 Å². The first-order valence-corrected chi connectivity index (χ1v) is 8.97. The highest BCUT2D eigenvalue weighted by atomic mass is 16.3. The van der Waals surface area contributed by atoms with Gasteiger partial charge in [0, 0.05) is 37.3 Å². The molecule has 1 aliphatic rings. The zero-order valence-corrected chi connectivity index (χ0v) is 15.1. The minimum Gasteiger partial charge on any atom is -0.508 e. The van der Waals surface area contributed by atoms with E-state index in [4.69, 9.17) is 0 Å². The number of benzene rings is 2. The molecule has 1 aliphatic heterocycles. The molecule has 0 bridgehead atoms. The molecular weight excluding hydrogens is 326 g/mol.